The lowest BCUT2D eigenvalue weighted by Gasteiger charge is -2.18. The zero-order valence-corrected chi connectivity index (χ0v) is 12.4. The maximum Gasteiger partial charge on any atom is 0.416 e. The average Bonchev–Trinajstić information content (AvgIpc) is 2.97. The van der Waals surface area contributed by atoms with Gasteiger partial charge in [0.15, 0.2) is 0 Å². The SMILES string of the molecule is Cc1cnc(OC2CCN(c3cc(C(F)(F)F)ccn3)C2)nc1. The summed E-state index contributed by atoms with van der Waals surface area (Å²) in [5.74, 6) is 0.302. The Hall–Kier alpha value is -2.38. The molecule has 1 unspecified atom stereocenters. The van der Waals surface area contributed by atoms with Crippen molar-refractivity contribution in [3.63, 3.8) is 0 Å². The third kappa shape index (κ3) is 3.69. The molecule has 23 heavy (non-hydrogen) atoms. The summed E-state index contributed by atoms with van der Waals surface area (Å²) in [6, 6.07) is 2.30. The normalized spacial score (nSPS) is 18.3. The van der Waals surface area contributed by atoms with Crippen LogP contribution in [0.25, 0.3) is 0 Å². The molecule has 1 fully saturated rings. The van der Waals surface area contributed by atoms with Crippen LogP contribution in [0.15, 0.2) is 30.7 Å². The van der Waals surface area contributed by atoms with E-state index >= 15 is 0 Å². The van der Waals surface area contributed by atoms with Crippen molar-refractivity contribution in [3.8, 4) is 6.01 Å². The number of aryl methyl sites for hydroxylation is 1. The van der Waals surface area contributed by atoms with Crippen LogP contribution in [0.1, 0.15) is 17.5 Å². The minimum absolute atomic E-state index is 0.172. The monoisotopic (exact) mass is 324 g/mol. The summed E-state index contributed by atoms with van der Waals surface area (Å²) in [5, 5.41) is 0. The summed E-state index contributed by atoms with van der Waals surface area (Å²) < 4.78 is 44.0. The number of hydrogen-bond donors (Lipinski definition) is 0. The summed E-state index contributed by atoms with van der Waals surface area (Å²) in [6.45, 7) is 2.90. The Labute approximate surface area is 131 Å². The molecule has 3 heterocycles. The Morgan fingerprint density at radius 3 is 2.65 bits per heavy atom. The summed E-state index contributed by atoms with van der Waals surface area (Å²) in [7, 11) is 0. The molecule has 3 rings (SSSR count). The second kappa shape index (κ2) is 6.02. The number of hydrogen-bond acceptors (Lipinski definition) is 5. The van der Waals surface area contributed by atoms with Crippen molar-refractivity contribution >= 4 is 5.82 Å². The van der Waals surface area contributed by atoms with Gasteiger partial charge in [0.1, 0.15) is 11.9 Å². The van der Waals surface area contributed by atoms with E-state index in [4.69, 9.17) is 4.74 Å². The number of aromatic nitrogens is 3. The van der Waals surface area contributed by atoms with E-state index in [0.29, 0.717) is 25.3 Å². The quantitative estimate of drug-likeness (QED) is 0.869. The molecule has 0 bridgehead atoms. The van der Waals surface area contributed by atoms with Crippen molar-refractivity contribution in [1.29, 1.82) is 0 Å². The first-order valence-electron chi connectivity index (χ1n) is 7.15. The zero-order valence-electron chi connectivity index (χ0n) is 12.4. The van der Waals surface area contributed by atoms with Gasteiger partial charge in [-0.3, -0.25) is 0 Å². The fourth-order valence-electron chi connectivity index (χ4n) is 2.39. The third-order valence-corrected chi connectivity index (χ3v) is 3.57. The van der Waals surface area contributed by atoms with Crippen LogP contribution in [-0.2, 0) is 6.18 Å². The molecule has 0 aromatic carbocycles. The molecule has 1 aliphatic heterocycles. The van der Waals surface area contributed by atoms with Gasteiger partial charge in [-0.15, -0.1) is 0 Å². The highest BCUT2D eigenvalue weighted by molar-refractivity contribution is 5.43. The highest BCUT2D eigenvalue weighted by atomic mass is 19.4. The third-order valence-electron chi connectivity index (χ3n) is 3.57. The molecule has 122 valence electrons. The van der Waals surface area contributed by atoms with Crippen LogP contribution in [0.5, 0.6) is 6.01 Å². The summed E-state index contributed by atoms with van der Waals surface area (Å²) >= 11 is 0. The van der Waals surface area contributed by atoms with Crippen LogP contribution in [0, 0.1) is 6.92 Å². The van der Waals surface area contributed by atoms with Crippen LogP contribution in [0.2, 0.25) is 0 Å². The average molecular weight is 324 g/mol. The molecule has 0 spiro atoms. The number of alkyl halides is 3. The number of halogens is 3. The summed E-state index contributed by atoms with van der Waals surface area (Å²) in [5.41, 5.74) is 0.229. The molecule has 2 aromatic heterocycles. The van der Waals surface area contributed by atoms with E-state index in [1.807, 2.05) is 6.92 Å². The van der Waals surface area contributed by atoms with E-state index in [9.17, 15) is 13.2 Å². The van der Waals surface area contributed by atoms with Crippen molar-refractivity contribution in [2.75, 3.05) is 18.0 Å². The Bertz CT molecular complexity index is 675. The first-order chi connectivity index (χ1) is 10.9. The van der Waals surface area contributed by atoms with Crippen LogP contribution in [0.3, 0.4) is 0 Å². The number of nitrogens with zero attached hydrogens (tertiary/aromatic N) is 4. The van der Waals surface area contributed by atoms with E-state index in [1.165, 1.54) is 6.20 Å². The molecule has 1 saturated heterocycles. The second-order valence-corrected chi connectivity index (χ2v) is 5.42. The van der Waals surface area contributed by atoms with Crippen molar-refractivity contribution in [3.05, 3.63) is 41.9 Å². The van der Waals surface area contributed by atoms with Gasteiger partial charge in [0, 0.05) is 31.6 Å². The molecule has 1 aliphatic rings. The molecule has 0 amide bonds. The number of anilines is 1. The summed E-state index contributed by atoms with van der Waals surface area (Å²) in [6.07, 6.45) is 0.620. The van der Waals surface area contributed by atoms with E-state index in [0.717, 1.165) is 17.7 Å². The fourth-order valence-corrected chi connectivity index (χ4v) is 2.39. The molecule has 0 aliphatic carbocycles. The lowest BCUT2D eigenvalue weighted by atomic mass is 10.2. The smallest absolute Gasteiger partial charge is 0.416 e. The molecule has 5 nitrogen and oxygen atoms in total. The second-order valence-electron chi connectivity index (χ2n) is 5.42. The van der Waals surface area contributed by atoms with Crippen LogP contribution in [0.4, 0.5) is 19.0 Å². The topological polar surface area (TPSA) is 51.1 Å². The van der Waals surface area contributed by atoms with Crippen LogP contribution < -0.4 is 9.64 Å². The minimum atomic E-state index is -4.37. The highest BCUT2D eigenvalue weighted by Crippen LogP contribution is 2.31. The van der Waals surface area contributed by atoms with E-state index < -0.39 is 11.7 Å². The molecule has 1 atom stereocenters. The van der Waals surface area contributed by atoms with Gasteiger partial charge in [0.05, 0.1) is 12.1 Å². The van der Waals surface area contributed by atoms with Gasteiger partial charge in [0.2, 0.25) is 0 Å². The molecule has 0 saturated carbocycles. The van der Waals surface area contributed by atoms with Gasteiger partial charge in [-0.05, 0) is 24.6 Å². The summed E-state index contributed by atoms with van der Waals surface area (Å²) in [4.78, 5) is 13.9. The minimum Gasteiger partial charge on any atom is -0.458 e. The predicted molar refractivity (Wildman–Crippen MR) is 77.3 cm³/mol. The van der Waals surface area contributed by atoms with E-state index in [2.05, 4.69) is 15.0 Å². The Kier molecular flexibility index (Phi) is 4.06. The molecular weight excluding hydrogens is 309 g/mol. The lowest BCUT2D eigenvalue weighted by Crippen LogP contribution is -2.26. The largest absolute Gasteiger partial charge is 0.458 e. The number of rotatable bonds is 3. The zero-order chi connectivity index (χ0) is 16.4. The first-order valence-corrected chi connectivity index (χ1v) is 7.15. The van der Waals surface area contributed by atoms with Crippen LogP contribution >= 0.6 is 0 Å². The van der Waals surface area contributed by atoms with Crippen molar-refractivity contribution in [2.45, 2.75) is 25.6 Å². The van der Waals surface area contributed by atoms with E-state index in [-0.39, 0.29) is 12.1 Å². The van der Waals surface area contributed by atoms with Gasteiger partial charge in [0.25, 0.3) is 0 Å². The van der Waals surface area contributed by atoms with E-state index in [1.54, 1.807) is 17.3 Å². The van der Waals surface area contributed by atoms with Crippen LogP contribution in [-0.4, -0.2) is 34.1 Å². The Morgan fingerprint density at radius 2 is 1.96 bits per heavy atom. The highest BCUT2D eigenvalue weighted by Gasteiger charge is 2.32. The van der Waals surface area contributed by atoms with Gasteiger partial charge in [-0.25, -0.2) is 15.0 Å². The molecule has 0 N–H and O–H groups in total. The van der Waals surface area contributed by atoms with Gasteiger partial charge >= 0.3 is 12.2 Å². The Morgan fingerprint density at radius 1 is 1.22 bits per heavy atom. The standard InChI is InChI=1S/C15H15F3N4O/c1-10-7-20-14(21-8-10)23-12-3-5-22(9-12)13-6-11(2-4-19-13)15(16,17)18/h2,4,6-8,12H,3,5,9H2,1H3. The maximum absolute atomic E-state index is 12.8. The van der Waals surface area contributed by atoms with Gasteiger partial charge in [-0.2, -0.15) is 13.2 Å². The maximum atomic E-state index is 12.8. The number of ether oxygens (including phenoxy) is 1. The van der Waals surface area contributed by atoms with Crippen molar-refractivity contribution < 1.29 is 17.9 Å². The van der Waals surface area contributed by atoms with Gasteiger partial charge < -0.3 is 9.64 Å². The predicted octanol–water partition coefficient (Wildman–Crippen LogP) is 2.86. The molecule has 2 aromatic rings. The lowest BCUT2D eigenvalue weighted by molar-refractivity contribution is -0.137. The van der Waals surface area contributed by atoms with Gasteiger partial charge in [-0.1, -0.05) is 0 Å². The molecular formula is C15H15F3N4O. The van der Waals surface area contributed by atoms with Crippen molar-refractivity contribution in [1.82, 2.24) is 15.0 Å². The molecule has 8 heteroatoms. The Balaban J connectivity index is 1.66. The number of pyridine rings is 1. The first kappa shape index (κ1) is 15.5. The fraction of sp³-hybridized carbons (Fsp3) is 0.400. The van der Waals surface area contributed by atoms with Crippen molar-refractivity contribution in [2.24, 2.45) is 0 Å². The molecule has 0 radical (unpaired) electrons.